The Balaban J connectivity index is 0.000000140. The number of benzene rings is 8. The number of ether oxygens (including phenoxy) is 8. The molecule has 0 N–H and O–H groups in total. The largest absolute Gasteiger partial charge is 0.493 e. The average molecular weight is 1870 g/mol. The molecule has 2 fully saturated rings. The minimum absolute atomic E-state index is 0.0203. The topological polar surface area (TPSA) is 285 Å². The Hall–Kier alpha value is -13.8. The molecule has 2 aliphatic rings. The second kappa shape index (κ2) is 41.6. The highest BCUT2D eigenvalue weighted by atomic mass is 16.5. The van der Waals surface area contributed by atoms with Gasteiger partial charge >= 0.3 is 0 Å². The quantitative estimate of drug-likeness (QED) is 0.0357. The minimum Gasteiger partial charge on any atom is -0.493 e. The summed E-state index contributed by atoms with van der Waals surface area (Å²) in [6.45, 7) is 34.8. The molecular formula is C110H128N16O12. The Morgan fingerprint density at radius 1 is 0.333 bits per heavy atom. The van der Waals surface area contributed by atoms with Crippen molar-refractivity contribution in [1.82, 2.24) is 78.2 Å². The van der Waals surface area contributed by atoms with E-state index in [1.807, 2.05) is 260 Å². The number of hydrogen-bond acceptors (Lipinski definition) is 20. The lowest BCUT2D eigenvalue weighted by Crippen LogP contribution is -2.32. The van der Waals surface area contributed by atoms with Crippen molar-refractivity contribution < 1.29 is 57.1 Å². The van der Waals surface area contributed by atoms with Crippen molar-refractivity contribution in [1.29, 1.82) is 0 Å². The number of nitrogens with zero attached hydrogens (tertiary/aromatic N) is 16. The van der Waals surface area contributed by atoms with Crippen LogP contribution in [0.5, 0.6) is 23.0 Å². The number of aryl methyl sites for hydroxylation is 4. The molecule has 8 heterocycles. The zero-order chi connectivity index (χ0) is 98.3. The first kappa shape index (κ1) is 98.7. The lowest BCUT2D eigenvalue weighted by Gasteiger charge is -2.25. The van der Waals surface area contributed by atoms with Crippen LogP contribution in [0.2, 0.25) is 0 Å². The molecule has 16 aromatic rings. The van der Waals surface area contributed by atoms with Gasteiger partial charge in [-0.05, 0) is 229 Å². The Labute approximate surface area is 806 Å². The maximum absolute atomic E-state index is 12.0. The zero-order valence-electron chi connectivity index (χ0n) is 83.3. The van der Waals surface area contributed by atoms with Crippen molar-refractivity contribution in [2.75, 3.05) is 26.4 Å². The van der Waals surface area contributed by atoms with Gasteiger partial charge in [0.2, 0.25) is 0 Å². The fourth-order valence-electron chi connectivity index (χ4n) is 15.4. The summed E-state index contributed by atoms with van der Waals surface area (Å²) in [5.74, 6) is 5.02. The minimum atomic E-state index is -0.882. The van der Waals surface area contributed by atoms with Crippen molar-refractivity contribution in [2.45, 2.75) is 199 Å². The number of Topliss-reactive ketones (excluding diaryl/α,β-unsaturated/α-hetero) is 4. The van der Waals surface area contributed by atoms with Crippen LogP contribution in [0.1, 0.15) is 173 Å². The van der Waals surface area contributed by atoms with Gasteiger partial charge in [-0.25, -0.2) is 18.7 Å². The Morgan fingerprint density at radius 3 is 0.826 bits per heavy atom. The second-order valence-electron chi connectivity index (χ2n) is 39.6. The Morgan fingerprint density at radius 2 is 0.587 bits per heavy atom. The summed E-state index contributed by atoms with van der Waals surface area (Å²) in [5, 5.41) is 41.5. The molecule has 2 saturated carbocycles. The first-order chi connectivity index (χ1) is 65.7. The molecule has 0 bridgehead atoms. The third-order valence-electron chi connectivity index (χ3n) is 25.3. The molecule has 138 heavy (non-hydrogen) atoms. The van der Waals surface area contributed by atoms with Gasteiger partial charge in [-0.15, -0.1) is 0 Å². The molecule has 0 aliphatic heterocycles. The van der Waals surface area contributed by atoms with Crippen LogP contribution in [0.4, 0.5) is 0 Å². The first-order valence-corrected chi connectivity index (χ1v) is 47.3. The van der Waals surface area contributed by atoms with Crippen LogP contribution in [0.3, 0.4) is 0 Å². The van der Waals surface area contributed by atoms with Crippen molar-refractivity contribution >= 4 is 66.7 Å². The van der Waals surface area contributed by atoms with Gasteiger partial charge in [-0.1, -0.05) is 138 Å². The molecule has 0 atom stereocenters. The summed E-state index contributed by atoms with van der Waals surface area (Å²) in [6.07, 6.45) is 13.7. The van der Waals surface area contributed by atoms with E-state index in [9.17, 15) is 19.2 Å². The van der Waals surface area contributed by atoms with E-state index < -0.39 is 22.4 Å². The van der Waals surface area contributed by atoms with Gasteiger partial charge < -0.3 is 37.9 Å². The van der Waals surface area contributed by atoms with Gasteiger partial charge in [0.05, 0.1) is 168 Å². The summed E-state index contributed by atoms with van der Waals surface area (Å²) >= 11 is 0. The summed E-state index contributed by atoms with van der Waals surface area (Å²) < 4.78 is 63.1. The van der Waals surface area contributed by atoms with E-state index in [4.69, 9.17) is 58.3 Å². The number of carbonyl (C=O) groups is 4. The maximum Gasteiger partial charge on any atom is 0.161 e. The molecule has 0 unspecified atom stereocenters. The maximum atomic E-state index is 12.0. The Bertz CT molecular complexity index is 6850. The fourth-order valence-corrected chi connectivity index (χ4v) is 15.4. The lowest BCUT2D eigenvalue weighted by molar-refractivity contribution is -0.140. The van der Waals surface area contributed by atoms with Crippen LogP contribution >= 0.6 is 0 Å². The van der Waals surface area contributed by atoms with Crippen LogP contribution in [0, 0.1) is 23.2 Å². The molecule has 8 aromatic carbocycles. The van der Waals surface area contributed by atoms with Crippen molar-refractivity contribution in [3.63, 3.8) is 0 Å². The molecule has 0 spiro atoms. The smallest absolute Gasteiger partial charge is 0.161 e. The van der Waals surface area contributed by atoms with Gasteiger partial charge in [0.25, 0.3) is 0 Å². The number of ketones is 4. The predicted octanol–water partition coefficient (Wildman–Crippen LogP) is 21.7. The standard InChI is InChI=1S/C28H32N4O3.C28H34N4O3.C27H30N4O3.C27H32N4O3/c1-19(33)28(2,3)35-18-23-15-26(21-10-6-12-24(14-21)34-17-20-8-5-9-20)32(30-23)25-13-7-11-22-16-29-31(4)27(22)25;1-19(33)28(5,6)35-17-22-15-25(20-10-8-12-23(14-20)34-18-27(2,3)4)32(30-22)24-13-9-11-21-16-29-31(7)26(21)24;1-18(32)27(2,3)34-17-22-14-25(20-7-5-9-23(13-20)33-16-19-11-12-19)31(29-22)24-10-6-8-21-15-28-30(4)26(21)24;1-18(2)16-33-23-11-7-9-20(13-23)25-14-22(17-34-27(4,5)19(3)32)29-31(25)24-12-8-10-21-15-28-30(6)26(21)24/h6-7,10-16,20H,5,8-9,17-18H2,1-4H3;8-16H,17-18H2,1-7H3;5-10,13-15,19H,11-12,16-17H2,1-4H3;7-15,18H,16-17H2,1-6H3. The van der Waals surface area contributed by atoms with E-state index in [1.165, 1.54) is 46.0 Å². The summed E-state index contributed by atoms with van der Waals surface area (Å²) in [5.41, 5.74) is 14.7. The van der Waals surface area contributed by atoms with Gasteiger partial charge in [0, 0.05) is 72.0 Å². The van der Waals surface area contributed by atoms with E-state index in [2.05, 4.69) is 79.3 Å². The molecule has 720 valence electrons. The molecule has 0 amide bonds. The Kier molecular flexibility index (Phi) is 29.8. The molecule has 2 aliphatic carbocycles. The van der Waals surface area contributed by atoms with Gasteiger partial charge in [0.15, 0.2) is 23.1 Å². The first-order valence-electron chi connectivity index (χ1n) is 47.3. The van der Waals surface area contributed by atoms with Crippen molar-refractivity contribution in [3.05, 3.63) is 242 Å². The van der Waals surface area contributed by atoms with Gasteiger partial charge in [0.1, 0.15) is 45.4 Å². The monoisotopic (exact) mass is 1860 g/mol. The number of aromatic nitrogens is 16. The number of para-hydroxylation sites is 4. The molecule has 0 radical (unpaired) electrons. The highest BCUT2D eigenvalue weighted by Crippen LogP contribution is 2.40. The van der Waals surface area contributed by atoms with Crippen LogP contribution in [-0.2, 0) is 92.7 Å². The van der Waals surface area contributed by atoms with E-state index in [1.54, 1.807) is 69.2 Å². The predicted molar refractivity (Wildman–Crippen MR) is 538 cm³/mol. The molecule has 8 aromatic heterocycles. The lowest BCUT2D eigenvalue weighted by atomic mass is 9.86. The third-order valence-corrected chi connectivity index (χ3v) is 25.3. The average Bonchev–Trinajstić information content (AvgIpc) is 1.63. The number of carbonyl (C=O) groups excluding carboxylic acids is 4. The number of rotatable bonds is 35. The highest BCUT2D eigenvalue weighted by molar-refractivity contribution is 5.92. The highest BCUT2D eigenvalue weighted by Gasteiger charge is 2.32. The van der Waals surface area contributed by atoms with Gasteiger partial charge in [-0.3, -0.25) is 37.9 Å². The molecular weight excluding hydrogens is 1740 g/mol. The van der Waals surface area contributed by atoms with Crippen molar-refractivity contribution in [2.24, 2.45) is 51.4 Å². The summed E-state index contributed by atoms with van der Waals surface area (Å²) in [7, 11) is 7.72. The molecule has 28 heteroatoms. The summed E-state index contributed by atoms with van der Waals surface area (Å²) in [6, 6.07) is 64.7. The van der Waals surface area contributed by atoms with E-state index in [0.717, 1.165) is 170 Å². The van der Waals surface area contributed by atoms with E-state index in [-0.39, 0.29) is 55.0 Å². The van der Waals surface area contributed by atoms with Crippen LogP contribution in [0.15, 0.2) is 219 Å². The molecule has 18 rings (SSSR count). The molecule has 0 saturated heterocycles. The fraction of sp³-hybridized carbons (Fsp3) is 0.382. The van der Waals surface area contributed by atoms with Crippen LogP contribution in [-0.4, -0.2) is 150 Å². The van der Waals surface area contributed by atoms with Crippen LogP contribution in [0.25, 0.3) is 111 Å². The third kappa shape index (κ3) is 23.5. The summed E-state index contributed by atoms with van der Waals surface area (Å²) in [4.78, 5) is 47.8. The second-order valence-corrected chi connectivity index (χ2v) is 39.6. The molecule has 28 nitrogen and oxygen atoms in total. The normalized spacial score (nSPS) is 13.1. The van der Waals surface area contributed by atoms with E-state index in [0.29, 0.717) is 31.0 Å². The number of hydrogen-bond donors (Lipinski definition) is 0. The van der Waals surface area contributed by atoms with E-state index >= 15 is 0 Å². The van der Waals surface area contributed by atoms with Crippen molar-refractivity contribution in [3.8, 4) is 90.8 Å². The zero-order valence-corrected chi connectivity index (χ0v) is 83.3. The van der Waals surface area contributed by atoms with Gasteiger partial charge in [-0.2, -0.15) is 40.8 Å². The van der Waals surface area contributed by atoms with Crippen LogP contribution < -0.4 is 18.9 Å². The number of fused-ring (bicyclic) bond motifs is 4. The SMILES string of the molecule is CC(=O)C(C)(C)OCc1cc(-c2cccc(OCC(C)(C)C)c2)n(-c2cccc3cnn(C)c23)n1.CC(=O)C(C)(C)OCc1cc(-c2cccc(OCC(C)C)c2)n(-c2cccc3cnn(C)c23)n1.CC(=O)C(C)(C)OCc1cc(-c2cccc(OCC3CC3)c2)n(-c2cccc3cnn(C)c23)n1.CC(=O)C(C)(C)OCc1cc(-c2cccc(OCC3CCC3)c2)n(-c2cccc3cnn(C)c23)n1.